The second-order valence-electron chi connectivity index (χ2n) is 8.45. The van der Waals surface area contributed by atoms with E-state index in [-0.39, 0.29) is 24.0 Å². The van der Waals surface area contributed by atoms with Crippen LogP contribution in [0.3, 0.4) is 0 Å². The lowest BCUT2D eigenvalue weighted by Gasteiger charge is -2.34. The van der Waals surface area contributed by atoms with Gasteiger partial charge in [0.25, 0.3) is 0 Å². The summed E-state index contributed by atoms with van der Waals surface area (Å²) >= 11 is 0. The highest BCUT2D eigenvalue weighted by atomic mass is 127. The van der Waals surface area contributed by atoms with E-state index in [1.165, 1.54) is 31.2 Å². The molecule has 2 aromatic rings. The van der Waals surface area contributed by atoms with Crippen molar-refractivity contribution < 1.29 is 0 Å². The fraction of sp³-hybridized carbons (Fsp3) is 0.609. The van der Waals surface area contributed by atoms with Crippen molar-refractivity contribution in [1.29, 1.82) is 0 Å². The van der Waals surface area contributed by atoms with Crippen molar-refractivity contribution in [3.05, 3.63) is 48.0 Å². The summed E-state index contributed by atoms with van der Waals surface area (Å²) in [5, 5.41) is 10.6. The molecule has 1 saturated heterocycles. The van der Waals surface area contributed by atoms with E-state index in [2.05, 4.69) is 62.7 Å². The molecule has 0 atom stereocenters. The number of piperidine rings is 1. The third kappa shape index (κ3) is 5.95. The minimum absolute atomic E-state index is 0. The lowest BCUT2D eigenvalue weighted by atomic mass is 9.79. The maximum absolute atomic E-state index is 5.04. The molecule has 2 fully saturated rings. The summed E-state index contributed by atoms with van der Waals surface area (Å²) in [4.78, 5) is 11.8. The fourth-order valence-electron chi connectivity index (χ4n) is 4.82. The smallest absolute Gasteiger partial charge is 0.193 e. The standard InChI is InChI=1S/C23H34N6.HI/c1-2-24-23(29-14-12-21(13-15-29)22-26-17-27-28-22)25-16-18-8-10-20(11-9-18)19-6-4-3-5-7-19;/h3-7,17-18,20-21H,2,8-16H2,1H3,(H,24,25)(H,26,27,28);1H. The average molecular weight is 522 g/mol. The number of nitrogens with zero attached hydrogens (tertiary/aromatic N) is 4. The first-order valence-corrected chi connectivity index (χ1v) is 11.3. The van der Waals surface area contributed by atoms with Crippen LogP contribution in [0.4, 0.5) is 0 Å². The first kappa shape index (κ1) is 23.0. The Balaban J connectivity index is 0.00000256. The van der Waals surface area contributed by atoms with Gasteiger partial charge in [0, 0.05) is 32.1 Å². The molecule has 1 aromatic heterocycles. The van der Waals surface area contributed by atoms with Gasteiger partial charge in [-0.05, 0) is 62.8 Å². The third-order valence-electron chi connectivity index (χ3n) is 6.57. The number of hydrogen-bond donors (Lipinski definition) is 2. The van der Waals surface area contributed by atoms with Crippen LogP contribution >= 0.6 is 24.0 Å². The largest absolute Gasteiger partial charge is 0.357 e. The number of aliphatic imine (C=N–C) groups is 1. The van der Waals surface area contributed by atoms with E-state index in [4.69, 9.17) is 4.99 Å². The Morgan fingerprint density at radius 2 is 1.80 bits per heavy atom. The van der Waals surface area contributed by atoms with Crippen molar-refractivity contribution >= 4 is 29.9 Å². The number of aromatic amines is 1. The van der Waals surface area contributed by atoms with Gasteiger partial charge < -0.3 is 10.2 Å². The highest BCUT2D eigenvalue weighted by Gasteiger charge is 2.25. The van der Waals surface area contributed by atoms with Gasteiger partial charge in [0.15, 0.2) is 5.96 Å². The fourth-order valence-corrected chi connectivity index (χ4v) is 4.82. The molecule has 0 unspecified atom stereocenters. The number of likely N-dealkylation sites (tertiary alicyclic amines) is 1. The van der Waals surface area contributed by atoms with Gasteiger partial charge in [-0.2, -0.15) is 5.10 Å². The number of benzene rings is 1. The summed E-state index contributed by atoms with van der Waals surface area (Å²) in [7, 11) is 0. The monoisotopic (exact) mass is 522 g/mol. The van der Waals surface area contributed by atoms with Gasteiger partial charge in [-0.25, -0.2) is 4.98 Å². The van der Waals surface area contributed by atoms with Crippen molar-refractivity contribution in [2.45, 2.75) is 57.3 Å². The van der Waals surface area contributed by atoms with Crippen LogP contribution in [0.5, 0.6) is 0 Å². The minimum atomic E-state index is 0. The third-order valence-corrected chi connectivity index (χ3v) is 6.57. The molecule has 2 aliphatic rings. The summed E-state index contributed by atoms with van der Waals surface area (Å²) in [6.45, 7) is 6.07. The molecule has 0 amide bonds. The number of guanidine groups is 1. The molecule has 2 N–H and O–H groups in total. The molecule has 1 saturated carbocycles. The van der Waals surface area contributed by atoms with Crippen molar-refractivity contribution in [1.82, 2.24) is 25.4 Å². The Morgan fingerprint density at radius 3 is 2.43 bits per heavy atom. The van der Waals surface area contributed by atoms with Crippen LogP contribution < -0.4 is 5.32 Å². The molecule has 4 rings (SSSR count). The lowest BCUT2D eigenvalue weighted by molar-refractivity contribution is 0.295. The zero-order valence-corrected chi connectivity index (χ0v) is 20.3. The Hall–Kier alpha value is -1.64. The van der Waals surface area contributed by atoms with Gasteiger partial charge in [0.1, 0.15) is 12.2 Å². The van der Waals surface area contributed by atoms with Gasteiger partial charge in [0.05, 0.1) is 0 Å². The minimum Gasteiger partial charge on any atom is -0.357 e. The maximum atomic E-state index is 5.04. The van der Waals surface area contributed by atoms with Crippen LogP contribution in [0.2, 0.25) is 0 Å². The highest BCUT2D eigenvalue weighted by Crippen LogP contribution is 2.35. The SMILES string of the molecule is CCNC(=NCC1CCC(c2ccccc2)CC1)N1CCC(c2ncn[nH]2)CC1.I. The molecule has 164 valence electrons. The summed E-state index contributed by atoms with van der Waals surface area (Å²) in [5.74, 6) is 4.07. The van der Waals surface area contributed by atoms with Crippen molar-refractivity contribution in [2.75, 3.05) is 26.2 Å². The lowest BCUT2D eigenvalue weighted by Crippen LogP contribution is -2.45. The zero-order chi connectivity index (χ0) is 19.9. The van der Waals surface area contributed by atoms with E-state index in [1.54, 1.807) is 6.33 Å². The first-order valence-electron chi connectivity index (χ1n) is 11.3. The first-order chi connectivity index (χ1) is 14.3. The highest BCUT2D eigenvalue weighted by molar-refractivity contribution is 14.0. The van der Waals surface area contributed by atoms with Gasteiger partial charge in [-0.3, -0.25) is 10.1 Å². The number of H-pyrrole nitrogens is 1. The number of aromatic nitrogens is 3. The van der Waals surface area contributed by atoms with Crippen LogP contribution in [0.1, 0.15) is 68.7 Å². The molecule has 1 aromatic carbocycles. The Morgan fingerprint density at radius 1 is 1.07 bits per heavy atom. The molecule has 1 aliphatic carbocycles. The second-order valence-corrected chi connectivity index (χ2v) is 8.45. The van der Waals surface area contributed by atoms with Crippen molar-refractivity contribution in [2.24, 2.45) is 10.9 Å². The molecule has 0 spiro atoms. The van der Waals surface area contributed by atoms with Crippen molar-refractivity contribution in [3.63, 3.8) is 0 Å². The van der Waals surface area contributed by atoms with Gasteiger partial charge in [0.2, 0.25) is 0 Å². The van der Waals surface area contributed by atoms with Crippen LogP contribution in [-0.4, -0.2) is 52.2 Å². The van der Waals surface area contributed by atoms with E-state index < -0.39 is 0 Å². The van der Waals surface area contributed by atoms with Gasteiger partial charge >= 0.3 is 0 Å². The van der Waals surface area contributed by atoms with E-state index in [9.17, 15) is 0 Å². The molecule has 6 nitrogen and oxygen atoms in total. The van der Waals surface area contributed by atoms with E-state index >= 15 is 0 Å². The maximum Gasteiger partial charge on any atom is 0.193 e. The second kappa shape index (κ2) is 11.7. The predicted molar refractivity (Wildman–Crippen MR) is 132 cm³/mol. The van der Waals surface area contributed by atoms with Gasteiger partial charge in [-0.1, -0.05) is 30.3 Å². The Labute approximate surface area is 197 Å². The molecule has 2 heterocycles. The normalized spacial score (nSPS) is 23.1. The molecule has 0 bridgehead atoms. The Kier molecular flexibility index (Phi) is 8.96. The molecule has 30 heavy (non-hydrogen) atoms. The van der Waals surface area contributed by atoms with Gasteiger partial charge in [-0.15, -0.1) is 24.0 Å². The molecule has 0 radical (unpaired) electrons. The van der Waals surface area contributed by atoms with Crippen LogP contribution in [0.25, 0.3) is 0 Å². The summed E-state index contributed by atoms with van der Waals surface area (Å²) in [6.07, 6.45) is 8.97. The van der Waals surface area contributed by atoms with Crippen LogP contribution in [0.15, 0.2) is 41.7 Å². The molecular formula is C23H35IN6. The summed E-state index contributed by atoms with van der Waals surface area (Å²) in [6, 6.07) is 11.0. The van der Waals surface area contributed by atoms with Crippen LogP contribution in [0, 0.1) is 5.92 Å². The van der Waals surface area contributed by atoms with Crippen LogP contribution in [-0.2, 0) is 0 Å². The Bertz CT molecular complexity index is 747. The number of rotatable bonds is 5. The van der Waals surface area contributed by atoms with E-state index in [0.29, 0.717) is 5.92 Å². The quantitative estimate of drug-likeness (QED) is 0.344. The zero-order valence-electron chi connectivity index (χ0n) is 18.0. The summed E-state index contributed by atoms with van der Waals surface area (Å²) in [5.41, 5.74) is 1.51. The molecular weight excluding hydrogens is 487 g/mol. The number of nitrogens with one attached hydrogen (secondary N) is 2. The van der Waals surface area contributed by atoms with E-state index in [0.717, 1.165) is 62.6 Å². The molecule has 1 aliphatic heterocycles. The van der Waals surface area contributed by atoms with Crippen molar-refractivity contribution in [3.8, 4) is 0 Å². The number of hydrogen-bond acceptors (Lipinski definition) is 3. The summed E-state index contributed by atoms with van der Waals surface area (Å²) < 4.78 is 0. The molecule has 7 heteroatoms. The topological polar surface area (TPSA) is 69.2 Å². The number of halogens is 1. The average Bonchev–Trinajstić information content (AvgIpc) is 3.33. The van der Waals surface area contributed by atoms with E-state index in [1.807, 2.05) is 0 Å². The predicted octanol–water partition coefficient (Wildman–Crippen LogP) is 4.54.